The van der Waals surface area contributed by atoms with Crippen LogP contribution < -0.4 is 10.6 Å². The van der Waals surface area contributed by atoms with Crippen LogP contribution in [0.2, 0.25) is 0 Å². The molecule has 2 N–H and O–H groups in total. The Morgan fingerprint density at radius 1 is 1.05 bits per heavy atom. The molecule has 8 nitrogen and oxygen atoms in total. The van der Waals surface area contributed by atoms with E-state index >= 15 is 0 Å². The molecular formula is C12H9N7OS. The van der Waals surface area contributed by atoms with Crippen LogP contribution in [0.5, 0.6) is 0 Å². The summed E-state index contributed by atoms with van der Waals surface area (Å²) in [4.78, 5) is 23.5. The van der Waals surface area contributed by atoms with Crippen LogP contribution in [0.3, 0.4) is 0 Å². The van der Waals surface area contributed by atoms with E-state index in [2.05, 4.69) is 35.8 Å². The van der Waals surface area contributed by atoms with E-state index in [9.17, 15) is 4.79 Å². The molecule has 0 bridgehead atoms. The summed E-state index contributed by atoms with van der Waals surface area (Å²) in [5.74, 6) is 0.215. The number of carbonyl (C=O) groups excluding carboxylic acids is 1. The fourth-order valence-corrected chi connectivity index (χ4v) is 2.20. The number of nitrogens with zero attached hydrogens (tertiary/aromatic N) is 5. The Morgan fingerprint density at radius 3 is 2.67 bits per heavy atom. The topological polar surface area (TPSA) is 106 Å². The highest BCUT2D eigenvalue weighted by Gasteiger charge is 2.10. The summed E-state index contributed by atoms with van der Waals surface area (Å²) in [6, 6.07) is 4.86. The van der Waals surface area contributed by atoms with Crippen LogP contribution in [0.1, 0.15) is 0 Å². The molecule has 3 aromatic rings. The largest absolute Gasteiger partial charge is 0.327 e. The number of urea groups is 1. The summed E-state index contributed by atoms with van der Waals surface area (Å²) in [7, 11) is 0. The standard InChI is InChI=1S/C12H9N7OS/c20-11(16-10-14-5-2-6-15-10)17-12-19-18-9(21-12)8-3-1-4-13-7-8/h1-7H,(H2,14,15,16,17,19,20). The van der Waals surface area contributed by atoms with Gasteiger partial charge in [0, 0.05) is 30.4 Å². The summed E-state index contributed by atoms with van der Waals surface area (Å²) in [5.41, 5.74) is 0.842. The quantitative estimate of drug-likeness (QED) is 0.766. The molecule has 0 atom stereocenters. The Labute approximate surface area is 123 Å². The highest BCUT2D eigenvalue weighted by Crippen LogP contribution is 2.25. The second kappa shape index (κ2) is 6.01. The van der Waals surface area contributed by atoms with Gasteiger partial charge in [-0.1, -0.05) is 11.3 Å². The molecule has 3 rings (SSSR count). The molecule has 0 spiro atoms. The maximum absolute atomic E-state index is 11.8. The van der Waals surface area contributed by atoms with Crippen molar-refractivity contribution >= 4 is 28.4 Å². The van der Waals surface area contributed by atoms with E-state index in [1.807, 2.05) is 12.1 Å². The van der Waals surface area contributed by atoms with Crippen molar-refractivity contribution in [2.45, 2.75) is 0 Å². The molecule has 2 amide bonds. The minimum atomic E-state index is -0.477. The van der Waals surface area contributed by atoms with Gasteiger partial charge >= 0.3 is 6.03 Å². The normalized spacial score (nSPS) is 10.1. The van der Waals surface area contributed by atoms with Crippen molar-refractivity contribution in [3.05, 3.63) is 43.0 Å². The first kappa shape index (κ1) is 13.1. The summed E-state index contributed by atoms with van der Waals surface area (Å²) >= 11 is 1.25. The molecule has 104 valence electrons. The third-order valence-electron chi connectivity index (χ3n) is 2.35. The van der Waals surface area contributed by atoms with Crippen LogP contribution in [-0.2, 0) is 0 Å². The van der Waals surface area contributed by atoms with Gasteiger partial charge in [-0.2, -0.15) is 0 Å². The highest BCUT2D eigenvalue weighted by atomic mass is 32.1. The van der Waals surface area contributed by atoms with Gasteiger partial charge in [-0.15, -0.1) is 10.2 Å². The number of anilines is 2. The fourth-order valence-electron chi connectivity index (χ4n) is 1.47. The summed E-state index contributed by atoms with van der Waals surface area (Å²) in [6.45, 7) is 0. The molecule has 21 heavy (non-hydrogen) atoms. The van der Waals surface area contributed by atoms with Gasteiger partial charge in [-0.25, -0.2) is 14.8 Å². The van der Waals surface area contributed by atoms with Crippen molar-refractivity contribution in [1.82, 2.24) is 25.1 Å². The number of carbonyl (C=O) groups is 1. The number of pyridine rings is 1. The third-order valence-corrected chi connectivity index (χ3v) is 3.23. The van der Waals surface area contributed by atoms with Gasteiger partial charge in [-0.05, 0) is 18.2 Å². The first-order valence-electron chi connectivity index (χ1n) is 5.90. The van der Waals surface area contributed by atoms with Crippen molar-refractivity contribution in [3.63, 3.8) is 0 Å². The van der Waals surface area contributed by atoms with Crippen molar-refractivity contribution in [2.75, 3.05) is 10.6 Å². The highest BCUT2D eigenvalue weighted by molar-refractivity contribution is 7.18. The first-order valence-corrected chi connectivity index (χ1v) is 6.72. The van der Waals surface area contributed by atoms with Crippen LogP contribution >= 0.6 is 11.3 Å². The van der Waals surface area contributed by atoms with Gasteiger partial charge in [0.15, 0.2) is 5.01 Å². The third kappa shape index (κ3) is 3.34. The number of hydrogen-bond acceptors (Lipinski definition) is 7. The number of hydrogen-bond donors (Lipinski definition) is 2. The predicted molar refractivity (Wildman–Crippen MR) is 77.8 cm³/mol. The molecule has 0 aliphatic heterocycles. The van der Waals surface area contributed by atoms with E-state index in [1.165, 1.54) is 23.7 Å². The summed E-state index contributed by atoms with van der Waals surface area (Å²) in [5, 5.41) is 14.0. The average molecular weight is 299 g/mol. The maximum atomic E-state index is 11.8. The smallest absolute Gasteiger partial charge is 0.282 e. The molecule has 3 heterocycles. The molecule has 0 radical (unpaired) electrons. The Kier molecular flexibility index (Phi) is 3.74. The molecule has 0 unspecified atom stereocenters. The Hall–Kier alpha value is -2.94. The lowest BCUT2D eigenvalue weighted by molar-refractivity contribution is 0.262. The van der Waals surface area contributed by atoms with E-state index in [-0.39, 0.29) is 5.95 Å². The number of nitrogens with one attached hydrogen (secondary N) is 2. The van der Waals surface area contributed by atoms with E-state index in [1.54, 1.807) is 18.5 Å². The van der Waals surface area contributed by atoms with E-state index in [0.29, 0.717) is 10.1 Å². The molecule has 0 aliphatic carbocycles. The van der Waals surface area contributed by atoms with Crippen molar-refractivity contribution < 1.29 is 4.79 Å². The number of amides is 2. The molecule has 0 saturated heterocycles. The lowest BCUT2D eigenvalue weighted by atomic mass is 10.3. The molecule has 0 fully saturated rings. The minimum Gasteiger partial charge on any atom is -0.282 e. The van der Waals surface area contributed by atoms with Crippen molar-refractivity contribution in [3.8, 4) is 10.6 Å². The van der Waals surface area contributed by atoms with Crippen LogP contribution in [0.15, 0.2) is 43.0 Å². The zero-order valence-electron chi connectivity index (χ0n) is 10.6. The molecule has 9 heteroatoms. The van der Waals surface area contributed by atoms with E-state index in [0.717, 1.165) is 5.56 Å². The Balaban J connectivity index is 1.66. The lowest BCUT2D eigenvalue weighted by Crippen LogP contribution is -2.20. The predicted octanol–water partition coefficient (Wildman–Crippen LogP) is 2.03. The zero-order chi connectivity index (χ0) is 14.5. The van der Waals surface area contributed by atoms with Crippen LogP contribution in [0.25, 0.3) is 10.6 Å². The zero-order valence-corrected chi connectivity index (χ0v) is 11.4. The molecule has 0 saturated carbocycles. The van der Waals surface area contributed by atoms with E-state index < -0.39 is 6.03 Å². The Bertz CT molecular complexity index is 732. The van der Waals surface area contributed by atoms with Crippen molar-refractivity contribution in [2.24, 2.45) is 0 Å². The second-order valence-electron chi connectivity index (χ2n) is 3.81. The van der Waals surface area contributed by atoms with Crippen LogP contribution in [0, 0.1) is 0 Å². The number of rotatable bonds is 3. The van der Waals surface area contributed by atoms with Gasteiger partial charge in [0.2, 0.25) is 11.1 Å². The fraction of sp³-hybridized carbons (Fsp3) is 0. The van der Waals surface area contributed by atoms with Crippen LogP contribution in [0.4, 0.5) is 15.9 Å². The van der Waals surface area contributed by atoms with Crippen molar-refractivity contribution in [1.29, 1.82) is 0 Å². The monoisotopic (exact) mass is 299 g/mol. The average Bonchev–Trinajstić information content (AvgIpc) is 2.97. The lowest BCUT2D eigenvalue weighted by Gasteiger charge is -2.01. The van der Waals surface area contributed by atoms with Gasteiger partial charge in [0.1, 0.15) is 0 Å². The maximum Gasteiger partial charge on any atom is 0.327 e. The second-order valence-corrected chi connectivity index (χ2v) is 4.78. The molecule has 3 aromatic heterocycles. The SMILES string of the molecule is O=C(Nc1ncccn1)Nc1nnc(-c2cccnc2)s1. The molecule has 0 aromatic carbocycles. The Morgan fingerprint density at radius 2 is 1.90 bits per heavy atom. The summed E-state index contributed by atoms with van der Waals surface area (Å²) in [6.07, 6.45) is 6.43. The van der Waals surface area contributed by atoms with Crippen LogP contribution in [-0.4, -0.2) is 31.2 Å². The first-order chi connectivity index (χ1) is 10.3. The summed E-state index contributed by atoms with van der Waals surface area (Å²) < 4.78 is 0. The van der Waals surface area contributed by atoms with Gasteiger partial charge in [0.05, 0.1) is 0 Å². The molecular weight excluding hydrogens is 290 g/mol. The number of aromatic nitrogens is 5. The van der Waals surface area contributed by atoms with E-state index in [4.69, 9.17) is 0 Å². The van der Waals surface area contributed by atoms with Gasteiger partial charge < -0.3 is 0 Å². The van der Waals surface area contributed by atoms with Gasteiger partial charge in [0.25, 0.3) is 0 Å². The minimum absolute atomic E-state index is 0.215. The molecule has 0 aliphatic rings. The van der Waals surface area contributed by atoms with Gasteiger partial charge in [-0.3, -0.25) is 15.6 Å².